The number of para-hydroxylation sites is 2. The Morgan fingerprint density at radius 1 is 1.00 bits per heavy atom. The van der Waals surface area contributed by atoms with Gasteiger partial charge in [-0.1, -0.05) is 42.5 Å². The first-order chi connectivity index (χ1) is 12.7. The van der Waals surface area contributed by atoms with E-state index in [0.29, 0.717) is 6.61 Å². The zero-order valence-electron chi connectivity index (χ0n) is 14.7. The fourth-order valence-electron chi connectivity index (χ4n) is 2.83. The molecule has 4 aromatic rings. The predicted octanol–water partition coefficient (Wildman–Crippen LogP) is 5.81. The van der Waals surface area contributed by atoms with Gasteiger partial charge in [0.25, 0.3) is 0 Å². The second kappa shape index (κ2) is 7.14. The van der Waals surface area contributed by atoms with Gasteiger partial charge in [-0.05, 0) is 32.0 Å². The Bertz CT molecular complexity index is 1040. The first kappa shape index (κ1) is 16.5. The maximum Gasteiger partial charge on any atom is 0.163 e. The Hall–Kier alpha value is -2.92. The molecule has 26 heavy (non-hydrogen) atoms. The number of aryl methyl sites for hydroxylation is 1. The molecule has 0 saturated carbocycles. The van der Waals surface area contributed by atoms with Crippen LogP contribution in [0.15, 0.2) is 60.7 Å². The third kappa shape index (κ3) is 3.26. The summed E-state index contributed by atoms with van der Waals surface area (Å²) in [6, 6.07) is 20.1. The van der Waals surface area contributed by atoms with Crippen molar-refractivity contribution in [1.82, 2.24) is 9.97 Å². The second-order valence-corrected chi connectivity index (χ2v) is 7.13. The Labute approximate surface area is 156 Å². The third-order valence-corrected chi connectivity index (χ3v) is 4.93. The summed E-state index contributed by atoms with van der Waals surface area (Å²) in [7, 11) is 0. The molecule has 0 aliphatic rings. The van der Waals surface area contributed by atoms with Crippen LogP contribution in [-0.4, -0.2) is 16.6 Å². The molecule has 0 atom stereocenters. The number of benzene rings is 2. The number of aromatic nitrogens is 2. The smallest absolute Gasteiger partial charge is 0.163 e. The molecule has 0 saturated heterocycles. The quantitative estimate of drug-likeness (QED) is 0.487. The lowest BCUT2D eigenvalue weighted by Crippen LogP contribution is -2.01. The molecule has 4 rings (SSSR count). The van der Waals surface area contributed by atoms with Crippen LogP contribution in [0.3, 0.4) is 0 Å². The normalized spacial score (nSPS) is 10.8. The van der Waals surface area contributed by atoms with E-state index in [1.165, 1.54) is 4.88 Å². The van der Waals surface area contributed by atoms with Crippen molar-refractivity contribution >= 4 is 33.1 Å². The van der Waals surface area contributed by atoms with E-state index in [2.05, 4.69) is 18.3 Å². The monoisotopic (exact) mass is 361 g/mol. The van der Waals surface area contributed by atoms with Crippen molar-refractivity contribution in [2.75, 3.05) is 11.9 Å². The largest absolute Gasteiger partial charge is 0.492 e. The average molecular weight is 361 g/mol. The van der Waals surface area contributed by atoms with Gasteiger partial charge in [-0.2, -0.15) is 0 Å². The fourth-order valence-corrected chi connectivity index (χ4v) is 3.71. The van der Waals surface area contributed by atoms with Crippen molar-refractivity contribution in [2.24, 2.45) is 0 Å². The van der Waals surface area contributed by atoms with Crippen LogP contribution in [0.25, 0.3) is 21.6 Å². The molecule has 0 radical (unpaired) electrons. The molecular weight excluding hydrogens is 342 g/mol. The zero-order chi connectivity index (χ0) is 17.9. The Morgan fingerprint density at radius 2 is 1.77 bits per heavy atom. The van der Waals surface area contributed by atoms with Gasteiger partial charge in [-0.15, -0.1) is 11.3 Å². The summed E-state index contributed by atoms with van der Waals surface area (Å²) in [4.78, 5) is 11.8. The summed E-state index contributed by atoms with van der Waals surface area (Å²) in [5, 5.41) is 4.48. The van der Waals surface area contributed by atoms with Crippen LogP contribution < -0.4 is 10.1 Å². The van der Waals surface area contributed by atoms with E-state index in [1.54, 1.807) is 11.3 Å². The standard InChI is InChI=1S/C21H19N3OS/c1-3-25-18-12-8-7-11-17(18)22-20-16-13-14(2)26-21(16)24-19(23-20)15-9-5-4-6-10-15/h4-13H,3H2,1-2H3,(H,22,23,24). The minimum Gasteiger partial charge on any atom is -0.492 e. The topological polar surface area (TPSA) is 47.0 Å². The summed E-state index contributed by atoms with van der Waals surface area (Å²) < 4.78 is 5.74. The summed E-state index contributed by atoms with van der Waals surface area (Å²) in [6.45, 7) is 4.69. The van der Waals surface area contributed by atoms with Crippen LogP contribution in [0.1, 0.15) is 11.8 Å². The Kier molecular flexibility index (Phi) is 4.54. The molecular formula is C21H19N3OS. The predicted molar refractivity (Wildman–Crippen MR) is 108 cm³/mol. The van der Waals surface area contributed by atoms with Crippen LogP contribution in [0, 0.1) is 6.92 Å². The molecule has 0 bridgehead atoms. The van der Waals surface area contributed by atoms with Crippen molar-refractivity contribution in [3.8, 4) is 17.1 Å². The van der Waals surface area contributed by atoms with Gasteiger partial charge in [-0.25, -0.2) is 9.97 Å². The van der Waals surface area contributed by atoms with Gasteiger partial charge in [0.05, 0.1) is 17.7 Å². The number of fused-ring (bicyclic) bond motifs is 1. The lowest BCUT2D eigenvalue weighted by molar-refractivity contribution is 0.342. The summed E-state index contributed by atoms with van der Waals surface area (Å²) in [5.74, 6) is 2.33. The number of thiophene rings is 1. The maximum absolute atomic E-state index is 5.74. The summed E-state index contributed by atoms with van der Waals surface area (Å²) in [6.07, 6.45) is 0. The first-order valence-corrected chi connectivity index (χ1v) is 9.38. The highest BCUT2D eigenvalue weighted by molar-refractivity contribution is 7.18. The lowest BCUT2D eigenvalue weighted by atomic mass is 10.2. The van der Waals surface area contributed by atoms with E-state index in [4.69, 9.17) is 14.7 Å². The molecule has 1 N–H and O–H groups in total. The van der Waals surface area contributed by atoms with Crippen molar-refractivity contribution < 1.29 is 4.74 Å². The molecule has 2 aromatic carbocycles. The third-order valence-electron chi connectivity index (χ3n) is 3.99. The minimum absolute atomic E-state index is 0.616. The number of nitrogens with one attached hydrogen (secondary N) is 1. The highest BCUT2D eigenvalue weighted by Gasteiger charge is 2.13. The average Bonchev–Trinajstić information content (AvgIpc) is 3.05. The number of rotatable bonds is 5. The Morgan fingerprint density at radius 3 is 2.58 bits per heavy atom. The van der Waals surface area contributed by atoms with Crippen LogP contribution in [0.4, 0.5) is 11.5 Å². The molecule has 5 heteroatoms. The second-order valence-electron chi connectivity index (χ2n) is 5.89. The van der Waals surface area contributed by atoms with Crippen LogP contribution in [0.5, 0.6) is 5.75 Å². The van der Waals surface area contributed by atoms with E-state index in [-0.39, 0.29) is 0 Å². The molecule has 0 spiro atoms. The van der Waals surface area contributed by atoms with Gasteiger partial charge in [0.15, 0.2) is 5.82 Å². The van der Waals surface area contributed by atoms with Crippen LogP contribution >= 0.6 is 11.3 Å². The van der Waals surface area contributed by atoms with Gasteiger partial charge in [0, 0.05) is 10.4 Å². The van der Waals surface area contributed by atoms with E-state index in [9.17, 15) is 0 Å². The van der Waals surface area contributed by atoms with Gasteiger partial charge in [0.1, 0.15) is 16.4 Å². The number of ether oxygens (including phenoxy) is 1. The molecule has 0 aliphatic heterocycles. The van der Waals surface area contributed by atoms with Crippen LogP contribution in [-0.2, 0) is 0 Å². The van der Waals surface area contributed by atoms with Crippen molar-refractivity contribution in [3.63, 3.8) is 0 Å². The van der Waals surface area contributed by atoms with Crippen molar-refractivity contribution in [3.05, 3.63) is 65.5 Å². The maximum atomic E-state index is 5.74. The minimum atomic E-state index is 0.616. The number of anilines is 2. The number of hydrogen-bond donors (Lipinski definition) is 1. The van der Waals surface area contributed by atoms with E-state index in [0.717, 1.165) is 38.9 Å². The van der Waals surface area contributed by atoms with E-state index >= 15 is 0 Å². The van der Waals surface area contributed by atoms with Crippen molar-refractivity contribution in [2.45, 2.75) is 13.8 Å². The lowest BCUT2D eigenvalue weighted by Gasteiger charge is -2.13. The molecule has 0 amide bonds. The molecule has 2 heterocycles. The van der Waals surface area contributed by atoms with Crippen LogP contribution in [0.2, 0.25) is 0 Å². The van der Waals surface area contributed by atoms with Crippen molar-refractivity contribution in [1.29, 1.82) is 0 Å². The Balaban J connectivity index is 1.84. The molecule has 130 valence electrons. The van der Waals surface area contributed by atoms with E-state index in [1.807, 2.05) is 61.5 Å². The highest BCUT2D eigenvalue weighted by atomic mass is 32.1. The van der Waals surface area contributed by atoms with Gasteiger partial charge in [0.2, 0.25) is 0 Å². The highest BCUT2D eigenvalue weighted by Crippen LogP contribution is 2.34. The fraction of sp³-hybridized carbons (Fsp3) is 0.143. The molecule has 0 aliphatic carbocycles. The molecule has 4 nitrogen and oxygen atoms in total. The summed E-state index contributed by atoms with van der Waals surface area (Å²) >= 11 is 1.68. The number of hydrogen-bond acceptors (Lipinski definition) is 5. The molecule has 2 aromatic heterocycles. The van der Waals surface area contributed by atoms with Gasteiger partial charge >= 0.3 is 0 Å². The van der Waals surface area contributed by atoms with Gasteiger partial charge < -0.3 is 10.1 Å². The molecule has 0 fully saturated rings. The SMILES string of the molecule is CCOc1ccccc1Nc1nc(-c2ccccc2)nc2sc(C)cc12. The number of nitrogens with zero attached hydrogens (tertiary/aromatic N) is 2. The molecule has 0 unspecified atom stereocenters. The van der Waals surface area contributed by atoms with E-state index < -0.39 is 0 Å². The first-order valence-electron chi connectivity index (χ1n) is 8.57. The van der Waals surface area contributed by atoms with Gasteiger partial charge in [-0.3, -0.25) is 0 Å². The zero-order valence-corrected chi connectivity index (χ0v) is 15.5. The summed E-state index contributed by atoms with van der Waals surface area (Å²) in [5.41, 5.74) is 1.90.